The van der Waals surface area contributed by atoms with E-state index in [0.29, 0.717) is 0 Å². The molecule has 2 nitrogen and oxygen atoms in total. The van der Waals surface area contributed by atoms with E-state index >= 15 is 0 Å². The summed E-state index contributed by atoms with van der Waals surface area (Å²) in [7, 11) is 2.10. The van der Waals surface area contributed by atoms with Crippen molar-refractivity contribution in [1.82, 2.24) is 9.55 Å². The van der Waals surface area contributed by atoms with E-state index in [1.807, 2.05) is 6.07 Å². The minimum atomic E-state index is 0.975. The minimum Gasteiger partial charge on any atom is -0.327 e. The fourth-order valence-corrected chi connectivity index (χ4v) is 10.9. The van der Waals surface area contributed by atoms with Crippen molar-refractivity contribution in [2.45, 2.75) is 6.92 Å². The SMILES string of the molecule is Cc1cccc2ccc3cccc(-c4cccc5ccc6cc(-c7c8ccccc8c(-c8ccc(-c9ccc%10c(c9)nc(-c9ccccc9)n%10C)cc8)c8ccccc78)ccc6c45)c3c12. The largest absolute Gasteiger partial charge is 0.327 e. The third kappa shape index (κ3) is 5.84. The van der Waals surface area contributed by atoms with Crippen LogP contribution in [0.25, 0.3) is 132 Å². The fourth-order valence-electron chi connectivity index (χ4n) is 10.9. The predicted molar refractivity (Wildman–Crippen MR) is 278 cm³/mol. The molecule has 304 valence electrons. The molecule has 0 saturated carbocycles. The highest BCUT2D eigenvalue weighted by molar-refractivity contribution is 6.24. The van der Waals surface area contributed by atoms with Crippen molar-refractivity contribution in [3.63, 3.8) is 0 Å². The van der Waals surface area contributed by atoms with Gasteiger partial charge in [-0.3, -0.25) is 0 Å². The maximum absolute atomic E-state index is 5.07. The number of hydrogen-bond donors (Lipinski definition) is 0. The van der Waals surface area contributed by atoms with Gasteiger partial charge in [0.2, 0.25) is 0 Å². The lowest BCUT2D eigenvalue weighted by Crippen LogP contribution is -1.92. The Balaban J connectivity index is 0.942. The second-order valence-corrected chi connectivity index (χ2v) is 17.5. The third-order valence-electron chi connectivity index (χ3n) is 13.9. The first-order chi connectivity index (χ1) is 32.1. The molecule has 0 saturated heterocycles. The number of hydrogen-bond acceptors (Lipinski definition) is 1. The molecule has 0 N–H and O–H groups in total. The molecule has 0 bridgehead atoms. The number of nitrogens with zero attached hydrogens (tertiary/aromatic N) is 2. The summed E-state index contributed by atoms with van der Waals surface area (Å²) >= 11 is 0. The van der Waals surface area contributed by atoms with Crippen LogP contribution in [-0.2, 0) is 7.05 Å². The topological polar surface area (TPSA) is 17.8 Å². The zero-order valence-electron chi connectivity index (χ0n) is 36.2. The quantitative estimate of drug-likeness (QED) is 0.125. The first-order valence-corrected chi connectivity index (χ1v) is 22.5. The van der Waals surface area contributed by atoms with Gasteiger partial charge in [-0.1, -0.05) is 200 Å². The van der Waals surface area contributed by atoms with E-state index in [9.17, 15) is 0 Å². The molecule has 0 amide bonds. The van der Waals surface area contributed by atoms with Gasteiger partial charge in [0.25, 0.3) is 0 Å². The first-order valence-electron chi connectivity index (χ1n) is 22.5. The lowest BCUT2D eigenvalue weighted by Gasteiger charge is -2.19. The van der Waals surface area contributed by atoms with E-state index < -0.39 is 0 Å². The molecule has 0 aliphatic heterocycles. The van der Waals surface area contributed by atoms with Crippen LogP contribution in [0, 0.1) is 6.92 Å². The molecule has 65 heavy (non-hydrogen) atoms. The monoisotopic (exact) mass is 826 g/mol. The van der Waals surface area contributed by atoms with Crippen LogP contribution in [0.2, 0.25) is 0 Å². The highest BCUT2D eigenvalue weighted by Crippen LogP contribution is 2.46. The van der Waals surface area contributed by atoms with Crippen molar-refractivity contribution < 1.29 is 0 Å². The first kappa shape index (κ1) is 37.2. The van der Waals surface area contributed by atoms with Crippen LogP contribution in [0.5, 0.6) is 0 Å². The summed E-state index contributed by atoms with van der Waals surface area (Å²) in [6, 6.07) is 80.5. The maximum Gasteiger partial charge on any atom is 0.140 e. The Kier molecular flexibility index (Phi) is 8.38. The van der Waals surface area contributed by atoms with Crippen LogP contribution < -0.4 is 0 Å². The number of aryl methyl sites for hydroxylation is 2. The fraction of sp³-hybridized carbons (Fsp3) is 0.0317. The highest BCUT2D eigenvalue weighted by atomic mass is 15.1. The highest BCUT2D eigenvalue weighted by Gasteiger charge is 2.19. The smallest absolute Gasteiger partial charge is 0.140 e. The van der Waals surface area contributed by atoms with Crippen molar-refractivity contribution in [1.29, 1.82) is 0 Å². The number of rotatable bonds is 5. The Bertz CT molecular complexity index is 4010. The summed E-state index contributed by atoms with van der Waals surface area (Å²) in [6.07, 6.45) is 0. The predicted octanol–water partition coefficient (Wildman–Crippen LogP) is 17.1. The molecule has 13 rings (SSSR count). The van der Waals surface area contributed by atoms with Crippen LogP contribution >= 0.6 is 0 Å². The summed E-state index contributed by atoms with van der Waals surface area (Å²) in [4.78, 5) is 5.07. The summed E-state index contributed by atoms with van der Waals surface area (Å²) in [5, 5.41) is 15.2. The number of benzene rings is 12. The van der Waals surface area contributed by atoms with Gasteiger partial charge >= 0.3 is 0 Å². The Morgan fingerprint density at radius 1 is 0.338 bits per heavy atom. The van der Waals surface area contributed by atoms with Crippen LogP contribution in [0.15, 0.2) is 218 Å². The van der Waals surface area contributed by atoms with Crippen molar-refractivity contribution in [2.24, 2.45) is 7.05 Å². The molecular formula is C63H42N2. The van der Waals surface area contributed by atoms with Crippen LogP contribution in [0.4, 0.5) is 0 Å². The van der Waals surface area contributed by atoms with Crippen molar-refractivity contribution in [3.05, 3.63) is 224 Å². The number of imidazole rings is 1. The summed E-state index contributed by atoms with van der Waals surface area (Å²) in [5.74, 6) is 0.975. The zero-order valence-corrected chi connectivity index (χ0v) is 36.2. The molecule has 0 fully saturated rings. The molecule has 0 atom stereocenters. The van der Waals surface area contributed by atoms with Crippen LogP contribution in [-0.4, -0.2) is 9.55 Å². The van der Waals surface area contributed by atoms with Crippen molar-refractivity contribution in [3.8, 4) is 55.9 Å². The molecular weight excluding hydrogens is 785 g/mol. The van der Waals surface area contributed by atoms with E-state index in [1.54, 1.807) is 0 Å². The van der Waals surface area contributed by atoms with E-state index in [1.165, 1.54) is 109 Å². The van der Waals surface area contributed by atoms with Gasteiger partial charge in [-0.2, -0.15) is 0 Å². The average molecular weight is 827 g/mol. The van der Waals surface area contributed by atoms with E-state index in [-0.39, 0.29) is 0 Å². The average Bonchev–Trinajstić information content (AvgIpc) is 3.70. The van der Waals surface area contributed by atoms with Gasteiger partial charge in [-0.25, -0.2) is 4.98 Å². The summed E-state index contributed by atoms with van der Waals surface area (Å²) in [6.45, 7) is 2.24. The lowest BCUT2D eigenvalue weighted by molar-refractivity contribution is 0.959. The minimum absolute atomic E-state index is 0.975. The summed E-state index contributed by atoms with van der Waals surface area (Å²) < 4.78 is 2.18. The summed E-state index contributed by atoms with van der Waals surface area (Å²) in [5.41, 5.74) is 14.3. The molecule has 0 aliphatic rings. The van der Waals surface area contributed by atoms with Gasteiger partial charge in [-0.15, -0.1) is 0 Å². The Hall–Kier alpha value is -8.33. The Morgan fingerprint density at radius 3 is 1.54 bits per heavy atom. The molecule has 1 aromatic heterocycles. The number of fused-ring (bicyclic) bond motifs is 9. The molecule has 2 heteroatoms. The number of aromatic nitrogens is 2. The lowest BCUT2D eigenvalue weighted by atomic mass is 9.84. The van der Waals surface area contributed by atoms with Gasteiger partial charge in [-0.05, 0) is 140 Å². The zero-order chi connectivity index (χ0) is 43.2. The van der Waals surface area contributed by atoms with E-state index in [0.717, 1.165) is 28.0 Å². The Labute approximate surface area is 377 Å². The van der Waals surface area contributed by atoms with Gasteiger partial charge in [0, 0.05) is 12.6 Å². The molecule has 0 radical (unpaired) electrons. The maximum atomic E-state index is 5.07. The molecule has 0 aliphatic carbocycles. The molecule has 12 aromatic carbocycles. The second-order valence-electron chi connectivity index (χ2n) is 17.5. The normalized spacial score (nSPS) is 11.8. The van der Waals surface area contributed by atoms with E-state index in [2.05, 4.69) is 231 Å². The molecule has 0 unspecified atom stereocenters. The van der Waals surface area contributed by atoms with Crippen LogP contribution in [0.3, 0.4) is 0 Å². The van der Waals surface area contributed by atoms with Gasteiger partial charge in [0.15, 0.2) is 0 Å². The third-order valence-corrected chi connectivity index (χ3v) is 13.9. The van der Waals surface area contributed by atoms with Gasteiger partial charge in [0.05, 0.1) is 11.0 Å². The van der Waals surface area contributed by atoms with Crippen LogP contribution in [0.1, 0.15) is 5.56 Å². The van der Waals surface area contributed by atoms with Gasteiger partial charge in [0.1, 0.15) is 5.82 Å². The van der Waals surface area contributed by atoms with Gasteiger partial charge < -0.3 is 4.57 Å². The second kappa shape index (κ2) is 14.6. The Morgan fingerprint density at radius 2 is 0.862 bits per heavy atom. The molecule has 0 spiro atoms. The van der Waals surface area contributed by atoms with Crippen molar-refractivity contribution in [2.75, 3.05) is 0 Å². The van der Waals surface area contributed by atoms with E-state index in [4.69, 9.17) is 4.98 Å². The van der Waals surface area contributed by atoms with Crippen molar-refractivity contribution >= 4 is 75.7 Å². The molecule has 13 aromatic rings. The standard InChI is InChI=1S/C63H42N2/c1-39-13-10-16-41-29-30-43-18-12-24-55(62(43)58(39)41)54-23-11-17-42-31-32-47-37-48(33-35-49(47)59(42)54)61-52-21-8-6-19-50(52)60(51-20-7-9-22-53(51)61)44-27-25-40(26-28-44)46-34-36-57-56(38-46)64-63(65(57)2)45-14-4-3-5-15-45/h3-38H,1-2H3. The molecule has 1 heterocycles.